The Kier molecular flexibility index (Phi) is 6.26. The average Bonchev–Trinajstić information content (AvgIpc) is 2.58. The molecule has 0 bridgehead atoms. The van der Waals surface area contributed by atoms with Crippen LogP contribution in [-0.2, 0) is 21.4 Å². The van der Waals surface area contributed by atoms with Gasteiger partial charge in [0.05, 0.1) is 19.1 Å². The van der Waals surface area contributed by atoms with Crippen molar-refractivity contribution in [1.29, 1.82) is 0 Å². The summed E-state index contributed by atoms with van der Waals surface area (Å²) in [5.74, 6) is 0.142. The number of benzene rings is 2. The maximum Gasteiger partial charge on any atom is 0.243 e. The normalized spacial score (nSPS) is 12.3. The van der Waals surface area contributed by atoms with Gasteiger partial charge in [-0.2, -0.15) is 0 Å². The van der Waals surface area contributed by atoms with Crippen LogP contribution in [0, 0.1) is 6.92 Å². The summed E-state index contributed by atoms with van der Waals surface area (Å²) in [5, 5.41) is 2.80. The molecule has 6 nitrogen and oxygen atoms in total. The number of nitrogens with zero attached hydrogens (tertiary/aromatic N) is 1. The number of methoxy groups -OCH3 is 1. The van der Waals surface area contributed by atoms with Crippen molar-refractivity contribution in [2.24, 2.45) is 0 Å². The topological polar surface area (TPSA) is 75.7 Å². The summed E-state index contributed by atoms with van der Waals surface area (Å²) in [5.41, 5.74) is 2.43. The van der Waals surface area contributed by atoms with Gasteiger partial charge in [0.2, 0.25) is 15.9 Å². The van der Waals surface area contributed by atoms with E-state index in [1.54, 1.807) is 31.2 Å². The van der Waals surface area contributed by atoms with E-state index in [0.717, 1.165) is 21.7 Å². The third-order valence-corrected chi connectivity index (χ3v) is 5.19. The Labute approximate surface area is 154 Å². The Morgan fingerprint density at radius 1 is 1.19 bits per heavy atom. The van der Waals surface area contributed by atoms with Crippen LogP contribution < -0.4 is 14.4 Å². The summed E-state index contributed by atoms with van der Waals surface area (Å²) in [6.45, 7) is 3.87. The molecule has 140 valence electrons. The molecule has 2 aromatic carbocycles. The Morgan fingerprint density at radius 3 is 2.50 bits per heavy atom. The minimum absolute atomic E-state index is 0.334. The Balaban J connectivity index is 2.20. The number of rotatable bonds is 7. The van der Waals surface area contributed by atoms with Gasteiger partial charge >= 0.3 is 0 Å². The van der Waals surface area contributed by atoms with Crippen molar-refractivity contribution in [1.82, 2.24) is 5.32 Å². The van der Waals surface area contributed by atoms with Gasteiger partial charge in [0.1, 0.15) is 11.8 Å². The van der Waals surface area contributed by atoms with Crippen molar-refractivity contribution in [2.45, 2.75) is 26.4 Å². The van der Waals surface area contributed by atoms with E-state index in [1.807, 2.05) is 31.2 Å². The molecule has 0 fully saturated rings. The van der Waals surface area contributed by atoms with Crippen LogP contribution >= 0.6 is 0 Å². The number of hydrogen-bond acceptors (Lipinski definition) is 4. The van der Waals surface area contributed by atoms with E-state index in [2.05, 4.69) is 5.32 Å². The molecular weight excluding hydrogens is 352 g/mol. The van der Waals surface area contributed by atoms with Crippen molar-refractivity contribution in [3.8, 4) is 5.75 Å². The molecule has 7 heteroatoms. The third-order valence-electron chi connectivity index (χ3n) is 3.95. The van der Waals surface area contributed by atoms with Gasteiger partial charge in [-0.15, -0.1) is 0 Å². The van der Waals surface area contributed by atoms with Gasteiger partial charge in [0, 0.05) is 12.6 Å². The molecule has 0 aromatic heterocycles. The molecule has 0 spiro atoms. The number of ether oxygens (including phenoxy) is 1. The maximum atomic E-state index is 12.6. The van der Waals surface area contributed by atoms with E-state index in [4.69, 9.17) is 4.74 Å². The summed E-state index contributed by atoms with van der Waals surface area (Å²) in [6, 6.07) is 13.5. The number of carbonyl (C=O) groups excluding carboxylic acids is 1. The van der Waals surface area contributed by atoms with Gasteiger partial charge in [-0.05, 0) is 31.5 Å². The van der Waals surface area contributed by atoms with E-state index >= 15 is 0 Å². The zero-order valence-corrected chi connectivity index (χ0v) is 16.2. The highest BCUT2D eigenvalue weighted by Crippen LogP contribution is 2.25. The number of carbonyl (C=O) groups is 1. The fraction of sp³-hybridized carbons (Fsp3) is 0.316. The molecule has 0 aliphatic carbocycles. The van der Waals surface area contributed by atoms with Crippen LogP contribution in [0.5, 0.6) is 5.75 Å². The molecule has 2 aromatic rings. The van der Waals surface area contributed by atoms with Gasteiger partial charge in [0.25, 0.3) is 0 Å². The predicted molar refractivity (Wildman–Crippen MR) is 103 cm³/mol. The van der Waals surface area contributed by atoms with Gasteiger partial charge < -0.3 is 10.1 Å². The van der Waals surface area contributed by atoms with Crippen LogP contribution in [-0.4, -0.2) is 33.7 Å². The van der Waals surface area contributed by atoms with Crippen molar-refractivity contribution < 1.29 is 17.9 Å². The quantitative estimate of drug-likeness (QED) is 0.805. The summed E-state index contributed by atoms with van der Waals surface area (Å²) < 4.78 is 30.9. The molecule has 0 heterocycles. The SMILES string of the molecule is COc1cccc(N([C@H](C)C(=O)NCc2cccc(C)c2)S(C)(=O)=O)c1. The minimum Gasteiger partial charge on any atom is -0.497 e. The molecule has 2 rings (SSSR count). The minimum atomic E-state index is -3.66. The molecule has 0 unspecified atom stereocenters. The second-order valence-corrected chi connectivity index (χ2v) is 8.00. The number of nitrogens with one attached hydrogen (secondary N) is 1. The first-order valence-electron chi connectivity index (χ1n) is 8.19. The molecule has 0 aliphatic rings. The van der Waals surface area contributed by atoms with Crippen molar-refractivity contribution in [3.63, 3.8) is 0 Å². The first-order valence-corrected chi connectivity index (χ1v) is 10.0. The third kappa shape index (κ3) is 4.98. The number of amides is 1. The van der Waals surface area contributed by atoms with Crippen molar-refractivity contribution in [2.75, 3.05) is 17.7 Å². The Hall–Kier alpha value is -2.54. The van der Waals surface area contributed by atoms with Crippen LogP contribution in [0.2, 0.25) is 0 Å². The number of anilines is 1. The molecule has 0 saturated heterocycles. The number of sulfonamides is 1. The summed E-state index contributed by atoms with van der Waals surface area (Å²) in [6.07, 6.45) is 1.08. The highest BCUT2D eigenvalue weighted by Gasteiger charge is 2.29. The lowest BCUT2D eigenvalue weighted by atomic mass is 10.1. The Bertz CT molecular complexity index is 881. The monoisotopic (exact) mass is 376 g/mol. The van der Waals surface area contributed by atoms with Crippen LogP contribution in [0.15, 0.2) is 48.5 Å². The average molecular weight is 376 g/mol. The summed E-state index contributed by atoms with van der Waals surface area (Å²) in [4.78, 5) is 12.6. The van der Waals surface area contributed by atoms with Gasteiger partial charge in [0.15, 0.2) is 0 Å². The van der Waals surface area contributed by atoms with E-state index < -0.39 is 16.1 Å². The van der Waals surface area contributed by atoms with Crippen LogP contribution in [0.4, 0.5) is 5.69 Å². The molecule has 0 saturated carbocycles. The summed E-state index contributed by atoms with van der Waals surface area (Å²) >= 11 is 0. The van der Waals surface area contributed by atoms with E-state index in [9.17, 15) is 13.2 Å². The van der Waals surface area contributed by atoms with E-state index in [0.29, 0.717) is 18.0 Å². The largest absolute Gasteiger partial charge is 0.497 e. The van der Waals surface area contributed by atoms with Crippen LogP contribution in [0.25, 0.3) is 0 Å². The lowest BCUT2D eigenvalue weighted by Crippen LogP contribution is -2.47. The molecule has 26 heavy (non-hydrogen) atoms. The van der Waals surface area contributed by atoms with Crippen molar-refractivity contribution in [3.05, 3.63) is 59.7 Å². The first-order chi connectivity index (χ1) is 12.2. The van der Waals surface area contributed by atoms with Crippen LogP contribution in [0.1, 0.15) is 18.1 Å². The first kappa shape index (κ1) is 19.8. The fourth-order valence-corrected chi connectivity index (χ4v) is 3.88. The fourth-order valence-electron chi connectivity index (χ4n) is 2.72. The molecule has 1 atom stereocenters. The number of aryl methyl sites for hydroxylation is 1. The maximum absolute atomic E-state index is 12.6. The second kappa shape index (κ2) is 8.23. The molecular formula is C19H24N2O4S. The molecule has 1 N–H and O–H groups in total. The lowest BCUT2D eigenvalue weighted by molar-refractivity contribution is -0.122. The molecule has 1 amide bonds. The van der Waals surface area contributed by atoms with Crippen LogP contribution in [0.3, 0.4) is 0 Å². The number of hydrogen-bond donors (Lipinski definition) is 1. The lowest BCUT2D eigenvalue weighted by Gasteiger charge is -2.28. The van der Waals surface area contributed by atoms with E-state index in [1.165, 1.54) is 7.11 Å². The van der Waals surface area contributed by atoms with E-state index in [-0.39, 0.29) is 5.91 Å². The van der Waals surface area contributed by atoms with Gasteiger partial charge in [-0.25, -0.2) is 8.42 Å². The Morgan fingerprint density at radius 2 is 1.88 bits per heavy atom. The summed E-state index contributed by atoms with van der Waals surface area (Å²) in [7, 11) is -2.16. The molecule has 0 radical (unpaired) electrons. The van der Waals surface area contributed by atoms with Crippen molar-refractivity contribution >= 4 is 21.6 Å². The molecule has 0 aliphatic heterocycles. The predicted octanol–water partition coefficient (Wildman–Crippen LogP) is 2.47. The highest BCUT2D eigenvalue weighted by atomic mass is 32.2. The van der Waals surface area contributed by atoms with Gasteiger partial charge in [-0.3, -0.25) is 9.10 Å². The highest BCUT2D eigenvalue weighted by molar-refractivity contribution is 7.92. The standard InChI is InChI=1S/C19H24N2O4S/c1-14-7-5-8-16(11-14)13-20-19(22)15(2)21(26(4,23)24)17-9-6-10-18(12-17)25-3/h5-12,15H,13H2,1-4H3,(H,20,22)/t15-/m1/s1. The smallest absolute Gasteiger partial charge is 0.243 e. The zero-order chi connectivity index (χ0) is 19.3. The zero-order valence-electron chi connectivity index (χ0n) is 15.4. The van der Waals surface area contributed by atoms with Gasteiger partial charge in [-0.1, -0.05) is 35.9 Å². The second-order valence-electron chi connectivity index (χ2n) is 6.14.